The van der Waals surface area contributed by atoms with E-state index < -0.39 is 6.09 Å². The van der Waals surface area contributed by atoms with Crippen molar-refractivity contribution < 1.29 is 28.5 Å². The van der Waals surface area contributed by atoms with Crippen molar-refractivity contribution in [1.82, 2.24) is 15.0 Å². The number of nitrogens with one attached hydrogen (secondary N) is 1. The molecule has 0 bridgehead atoms. The van der Waals surface area contributed by atoms with Crippen LogP contribution in [0.1, 0.15) is 42.6 Å². The predicted molar refractivity (Wildman–Crippen MR) is 150 cm³/mol. The number of alkyl carbamates (subject to hydrolysis) is 1. The average Bonchev–Trinajstić information content (AvgIpc) is 2.93. The highest BCUT2D eigenvalue weighted by atomic mass is 16.5. The molecule has 0 saturated carbocycles. The van der Waals surface area contributed by atoms with Crippen LogP contribution in [0.3, 0.4) is 0 Å². The number of carbonyl (C=O) groups excluding carboxylic acids is 2. The summed E-state index contributed by atoms with van der Waals surface area (Å²) in [6, 6.07) is 14.6. The Morgan fingerprint density at radius 2 is 1.85 bits per heavy atom. The Labute approximate surface area is 233 Å². The van der Waals surface area contributed by atoms with Gasteiger partial charge in [-0.2, -0.15) is 0 Å². The van der Waals surface area contributed by atoms with E-state index in [9.17, 15) is 9.59 Å². The van der Waals surface area contributed by atoms with Crippen LogP contribution in [-0.2, 0) is 16.1 Å². The molecule has 2 amide bonds. The molecule has 0 aliphatic carbocycles. The molecule has 39 heavy (non-hydrogen) atoms. The lowest BCUT2D eigenvalue weighted by Gasteiger charge is -2.43. The fraction of sp³-hybridized carbons (Fsp3) is 0.517. The molecular weight excluding hydrogens is 497 g/mol. The monoisotopic (exact) mass is 537 g/mol. The van der Waals surface area contributed by atoms with Crippen LogP contribution >= 0.6 is 0 Å². The van der Waals surface area contributed by atoms with Crippen molar-refractivity contribution in [3.8, 4) is 11.5 Å². The number of methoxy groups -OCH3 is 2. The largest absolute Gasteiger partial charge is 0.493 e. The van der Waals surface area contributed by atoms with Gasteiger partial charge in [-0.3, -0.25) is 4.79 Å². The maximum absolute atomic E-state index is 13.8. The minimum absolute atomic E-state index is 0.0580. The first-order valence-electron chi connectivity index (χ1n) is 13.4. The van der Waals surface area contributed by atoms with E-state index >= 15 is 0 Å². The lowest BCUT2D eigenvalue weighted by atomic mass is 9.90. The number of rotatable bonds is 13. The second kappa shape index (κ2) is 15.4. The molecule has 2 unspecified atom stereocenters. The standard InChI is InChI=1S/C29H40BN3O6/c1-21(2)33(28(34)24-11-12-26(37-4)27(16-24)38-14-8-13-36-3)25-15-23(18-32(30)19-25)17-31-29(35)39-20-22-9-6-5-7-10-22/h5-7,9-12,16,21,23,25H,8,13-15,17-20H2,1-4H3,(H,31,35). The summed E-state index contributed by atoms with van der Waals surface area (Å²) in [6.45, 7) is 6.77. The van der Waals surface area contributed by atoms with Crippen molar-refractivity contribution in [1.29, 1.82) is 0 Å². The first kappa shape index (κ1) is 30.3. The average molecular weight is 537 g/mol. The molecule has 9 nitrogen and oxygen atoms in total. The van der Waals surface area contributed by atoms with E-state index in [0.29, 0.717) is 56.3 Å². The van der Waals surface area contributed by atoms with Crippen molar-refractivity contribution in [3.05, 3.63) is 59.7 Å². The molecule has 2 aromatic carbocycles. The van der Waals surface area contributed by atoms with Gasteiger partial charge in [0, 0.05) is 50.9 Å². The summed E-state index contributed by atoms with van der Waals surface area (Å²) in [5, 5.41) is 2.86. The molecule has 0 spiro atoms. The number of ether oxygens (including phenoxy) is 4. The number of nitrogens with zero attached hydrogens (tertiary/aromatic N) is 2. The molecule has 1 saturated heterocycles. The second-order valence-electron chi connectivity index (χ2n) is 10.0. The summed E-state index contributed by atoms with van der Waals surface area (Å²) in [4.78, 5) is 29.6. The van der Waals surface area contributed by atoms with Crippen molar-refractivity contribution in [2.45, 2.75) is 45.4 Å². The van der Waals surface area contributed by atoms with Gasteiger partial charge in [-0.1, -0.05) is 30.3 Å². The third-order valence-electron chi connectivity index (χ3n) is 6.64. The lowest BCUT2D eigenvalue weighted by molar-refractivity contribution is 0.0464. The third kappa shape index (κ3) is 9.18. The number of hydrogen-bond donors (Lipinski definition) is 1. The molecular formula is C29H40BN3O6. The quantitative estimate of drug-likeness (QED) is 0.308. The minimum Gasteiger partial charge on any atom is -0.493 e. The molecule has 1 N–H and O–H groups in total. The highest BCUT2D eigenvalue weighted by Gasteiger charge is 2.34. The predicted octanol–water partition coefficient (Wildman–Crippen LogP) is 3.66. The van der Waals surface area contributed by atoms with E-state index in [0.717, 1.165) is 12.0 Å². The number of amides is 2. The second-order valence-corrected chi connectivity index (χ2v) is 10.0. The normalized spacial score (nSPS) is 17.5. The first-order chi connectivity index (χ1) is 18.8. The Morgan fingerprint density at radius 1 is 1.08 bits per heavy atom. The maximum atomic E-state index is 13.8. The molecule has 2 aromatic rings. The maximum Gasteiger partial charge on any atom is 0.407 e. The first-order valence-corrected chi connectivity index (χ1v) is 13.4. The molecule has 2 atom stereocenters. The Kier molecular flexibility index (Phi) is 12.0. The fourth-order valence-corrected chi connectivity index (χ4v) is 4.84. The zero-order chi connectivity index (χ0) is 28.2. The van der Waals surface area contributed by atoms with Crippen molar-refractivity contribution in [2.75, 3.05) is 47.1 Å². The molecule has 3 rings (SSSR count). The van der Waals surface area contributed by atoms with E-state index in [1.807, 2.05) is 49.1 Å². The molecule has 2 radical (unpaired) electrons. The van der Waals surface area contributed by atoms with Crippen molar-refractivity contribution >= 4 is 20.0 Å². The SMILES string of the molecule is [B]N1CC(CNC(=O)OCc2ccccc2)CC(N(C(=O)c2ccc(OC)c(OCCCOC)c2)C(C)C)C1. The summed E-state index contributed by atoms with van der Waals surface area (Å²) in [7, 11) is 9.50. The Hall–Kier alpha value is -3.24. The molecule has 10 heteroatoms. The van der Waals surface area contributed by atoms with Crippen LogP contribution in [-0.4, -0.2) is 88.8 Å². The van der Waals surface area contributed by atoms with Gasteiger partial charge in [-0.05, 0) is 56.5 Å². The molecule has 1 aliphatic heterocycles. The molecule has 1 fully saturated rings. The highest BCUT2D eigenvalue weighted by Crippen LogP contribution is 2.30. The number of hydrogen-bond acceptors (Lipinski definition) is 7. The van der Waals surface area contributed by atoms with Crippen LogP contribution < -0.4 is 14.8 Å². The number of piperidine rings is 1. The van der Waals surface area contributed by atoms with Crippen molar-refractivity contribution in [2.24, 2.45) is 5.92 Å². The van der Waals surface area contributed by atoms with Gasteiger partial charge in [0.25, 0.3) is 5.91 Å². The van der Waals surface area contributed by atoms with E-state index in [4.69, 9.17) is 26.9 Å². The minimum atomic E-state index is -0.474. The summed E-state index contributed by atoms with van der Waals surface area (Å²) in [6.07, 6.45) is 0.949. The van der Waals surface area contributed by atoms with Crippen LogP contribution in [0.4, 0.5) is 4.79 Å². The van der Waals surface area contributed by atoms with Crippen molar-refractivity contribution in [3.63, 3.8) is 0 Å². The third-order valence-corrected chi connectivity index (χ3v) is 6.64. The van der Waals surface area contributed by atoms with Gasteiger partial charge in [0.05, 0.1) is 13.7 Å². The van der Waals surface area contributed by atoms with Crippen LogP contribution in [0.5, 0.6) is 11.5 Å². The van der Waals surface area contributed by atoms with Gasteiger partial charge in [-0.25, -0.2) is 4.79 Å². The van der Waals surface area contributed by atoms with E-state index in [1.165, 1.54) is 0 Å². The van der Waals surface area contributed by atoms with E-state index in [1.54, 1.807) is 37.2 Å². The highest BCUT2D eigenvalue weighted by molar-refractivity contribution is 6.04. The smallest absolute Gasteiger partial charge is 0.407 e. The number of carbonyl (C=O) groups is 2. The lowest BCUT2D eigenvalue weighted by Crippen LogP contribution is -2.55. The number of benzene rings is 2. The van der Waals surface area contributed by atoms with Gasteiger partial charge in [0.1, 0.15) is 6.61 Å². The van der Waals surface area contributed by atoms with Gasteiger partial charge in [0.15, 0.2) is 19.5 Å². The Morgan fingerprint density at radius 3 is 2.54 bits per heavy atom. The summed E-state index contributed by atoms with van der Waals surface area (Å²) < 4.78 is 21.7. The summed E-state index contributed by atoms with van der Waals surface area (Å²) in [5.74, 6) is 1.03. The topological polar surface area (TPSA) is 89.6 Å². The molecule has 1 heterocycles. The molecule has 0 aromatic heterocycles. The zero-order valence-corrected chi connectivity index (χ0v) is 23.4. The molecule has 210 valence electrons. The fourth-order valence-electron chi connectivity index (χ4n) is 4.84. The van der Waals surface area contributed by atoms with Gasteiger partial charge in [-0.15, -0.1) is 0 Å². The van der Waals surface area contributed by atoms with Crippen LogP contribution in [0.2, 0.25) is 0 Å². The summed E-state index contributed by atoms with van der Waals surface area (Å²) >= 11 is 0. The van der Waals surface area contributed by atoms with Gasteiger partial charge >= 0.3 is 6.09 Å². The van der Waals surface area contributed by atoms with Crippen LogP contribution in [0.25, 0.3) is 0 Å². The molecule has 1 aliphatic rings. The Balaban J connectivity index is 1.64. The van der Waals surface area contributed by atoms with E-state index in [-0.39, 0.29) is 30.5 Å². The Bertz CT molecular complexity index is 1050. The van der Waals surface area contributed by atoms with Gasteiger partial charge < -0.3 is 34.0 Å². The van der Waals surface area contributed by atoms with Gasteiger partial charge in [0.2, 0.25) is 0 Å². The summed E-state index contributed by atoms with van der Waals surface area (Å²) in [5.41, 5.74) is 1.44. The zero-order valence-electron chi connectivity index (χ0n) is 23.4. The van der Waals surface area contributed by atoms with Crippen LogP contribution in [0, 0.1) is 5.92 Å². The van der Waals surface area contributed by atoms with Crippen LogP contribution in [0.15, 0.2) is 48.5 Å². The van der Waals surface area contributed by atoms with E-state index in [2.05, 4.69) is 5.32 Å².